The van der Waals surface area contributed by atoms with Crippen LogP contribution < -0.4 is 4.90 Å². The zero-order valence-corrected chi connectivity index (χ0v) is 13.7. The molecule has 0 saturated carbocycles. The quantitative estimate of drug-likeness (QED) is 0.783. The van der Waals surface area contributed by atoms with E-state index in [2.05, 4.69) is 37.6 Å². The Balaban J connectivity index is 2.20. The third-order valence-electron chi connectivity index (χ3n) is 4.37. The zero-order valence-electron chi connectivity index (χ0n) is 12.9. The lowest BCUT2D eigenvalue weighted by Gasteiger charge is -2.39. The Hall–Kier alpha value is -0.940. The van der Waals surface area contributed by atoms with Crippen molar-refractivity contribution in [2.75, 3.05) is 31.6 Å². The monoisotopic (exact) mass is 295 g/mol. The van der Waals surface area contributed by atoms with E-state index in [9.17, 15) is 4.79 Å². The summed E-state index contributed by atoms with van der Waals surface area (Å²) < 4.78 is 0. The van der Waals surface area contributed by atoms with Crippen molar-refractivity contribution in [2.45, 2.75) is 45.6 Å². The summed E-state index contributed by atoms with van der Waals surface area (Å²) in [5.74, 6) is 0.356. The molecule has 5 heteroatoms. The lowest BCUT2D eigenvalue weighted by atomic mass is 10.0. The second kappa shape index (κ2) is 6.68. The van der Waals surface area contributed by atoms with Crippen molar-refractivity contribution in [1.29, 1.82) is 0 Å². The van der Waals surface area contributed by atoms with Crippen LogP contribution in [0.2, 0.25) is 0 Å². The number of carbonyl (C=O) groups is 1. The summed E-state index contributed by atoms with van der Waals surface area (Å²) in [6, 6.07) is 0.583. The second-order valence-corrected chi connectivity index (χ2v) is 6.67. The number of rotatable bonds is 5. The number of likely N-dealkylation sites (N-methyl/N-ethyl adjacent to an activating group) is 1. The van der Waals surface area contributed by atoms with E-state index >= 15 is 0 Å². The maximum absolute atomic E-state index is 11.3. The van der Waals surface area contributed by atoms with Crippen molar-refractivity contribution in [3.05, 3.63) is 10.6 Å². The fourth-order valence-electron chi connectivity index (χ4n) is 2.66. The Bertz CT molecular complexity index is 460. The first-order chi connectivity index (χ1) is 9.60. The first kappa shape index (κ1) is 15.4. The lowest BCUT2D eigenvalue weighted by Crippen LogP contribution is -2.51. The summed E-state index contributed by atoms with van der Waals surface area (Å²) in [6.45, 7) is 9.59. The number of thiazole rings is 1. The molecule has 20 heavy (non-hydrogen) atoms. The predicted molar refractivity (Wildman–Crippen MR) is 85.1 cm³/mol. The van der Waals surface area contributed by atoms with Gasteiger partial charge in [-0.3, -0.25) is 9.69 Å². The van der Waals surface area contributed by atoms with E-state index in [0.717, 1.165) is 54.5 Å². The van der Waals surface area contributed by atoms with Crippen molar-refractivity contribution >= 4 is 22.8 Å². The van der Waals surface area contributed by atoms with Gasteiger partial charge in [-0.1, -0.05) is 32.1 Å². The maximum Gasteiger partial charge on any atom is 0.186 e. The molecule has 1 aromatic rings. The molecular weight excluding hydrogens is 270 g/mol. The van der Waals surface area contributed by atoms with Crippen molar-refractivity contribution in [3.63, 3.8) is 0 Å². The van der Waals surface area contributed by atoms with Gasteiger partial charge in [0.2, 0.25) is 0 Å². The van der Waals surface area contributed by atoms with E-state index in [1.54, 1.807) is 11.3 Å². The molecule has 1 aliphatic heterocycles. The number of aromatic nitrogens is 1. The molecule has 4 nitrogen and oxygen atoms in total. The first-order valence-electron chi connectivity index (χ1n) is 7.51. The minimum atomic E-state index is 0.356. The van der Waals surface area contributed by atoms with Gasteiger partial charge in [-0.15, -0.1) is 0 Å². The molecule has 0 N–H and O–H groups in total. The van der Waals surface area contributed by atoms with Crippen LogP contribution >= 0.6 is 11.3 Å². The van der Waals surface area contributed by atoms with Crippen molar-refractivity contribution < 1.29 is 4.79 Å². The summed E-state index contributed by atoms with van der Waals surface area (Å²) in [6.07, 6.45) is 3.14. The van der Waals surface area contributed by atoms with Crippen molar-refractivity contribution in [1.82, 2.24) is 9.88 Å². The van der Waals surface area contributed by atoms with Gasteiger partial charge >= 0.3 is 0 Å². The number of aldehydes is 1. The molecule has 1 saturated heterocycles. The Morgan fingerprint density at radius 1 is 1.45 bits per heavy atom. The molecule has 2 unspecified atom stereocenters. The average molecular weight is 295 g/mol. The molecule has 1 aliphatic rings. The van der Waals surface area contributed by atoms with Crippen LogP contribution in [0.1, 0.15) is 54.9 Å². The smallest absolute Gasteiger partial charge is 0.186 e. The molecule has 0 amide bonds. The number of carbonyl (C=O) groups excluding carboxylic acids is 1. The summed E-state index contributed by atoms with van der Waals surface area (Å²) >= 11 is 1.55. The maximum atomic E-state index is 11.3. The highest BCUT2D eigenvalue weighted by atomic mass is 32.1. The molecule has 0 spiro atoms. The van der Waals surface area contributed by atoms with Gasteiger partial charge in [0.15, 0.2) is 11.4 Å². The summed E-state index contributed by atoms with van der Waals surface area (Å²) in [7, 11) is 2.19. The second-order valence-electron chi connectivity index (χ2n) is 5.66. The fourth-order valence-corrected chi connectivity index (χ4v) is 3.69. The van der Waals surface area contributed by atoms with Crippen LogP contribution in [0.25, 0.3) is 0 Å². The SMILES string of the molecule is CCC(C)c1nc(N2CCN(C)C(CC)C2)sc1C=O. The molecule has 0 aliphatic carbocycles. The van der Waals surface area contributed by atoms with E-state index in [1.807, 2.05) is 0 Å². The van der Waals surface area contributed by atoms with E-state index in [0.29, 0.717) is 12.0 Å². The van der Waals surface area contributed by atoms with Crippen LogP contribution in [-0.4, -0.2) is 48.9 Å². The predicted octanol–water partition coefficient (Wildman–Crippen LogP) is 3.00. The van der Waals surface area contributed by atoms with Crippen LogP contribution in [0, 0.1) is 0 Å². The minimum Gasteiger partial charge on any atom is -0.345 e. The van der Waals surface area contributed by atoms with Gasteiger partial charge in [0.25, 0.3) is 0 Å². The highest BCUT2D eigenvalue weighted by molar-refractivity contribution is 7.17. The molecule has 2 rings (SSSR count). The number of nitrogens with zero attached hydrogens (tertiary/aromatic N) is 3. The first-order valence-corrected chi connectivity index (χ1v) is 8.33. The third kappa shape index (κ3) is 3.04. The highest BCUT2D eigenvalue weighted by Crippen LogP contribution is 2.32. The standard InChI is InChI=1S/C15H25N3OS/c1-5-11(3)14-13(10-19)20-15(16-14)18-8-7-17(4)12(6-2)9-18/h10-12H,5-9H2,1-4H3. The van der Waals surface area contributed by atoms with E-state index < -0.39 is 0 Å². The highest BCUT2D eigenvalue weighted by Gasteiger charge is 2.26. The largest absolute Gasteiger partial charge is 0.345 e. The number of anilines is 1. The normalized spacial score (nSPS) is 22.0. The van der Waals surface area contributed by atoms with Crippen LogP contribution in [0.5, 0.6) is 0 Å². The van der Waals surface area contributed by atoms with E-state index in [4.69, 9.17) is 4.98 Å². The van der Waals surface area contributed by atoms with Gasteiger partial charge in [-0.2, -0.15) is 0 Å². The molecule has 2 atom stereocenters. The minimum absolute atomic E-state index is 0.356. The Morgan fingerprint density at radius 2 is 2.20 bits per heavy atom. The van der Waals surface area contributed by atoms with Gasteiger partial charge in [0, 0.05) is 25.7 Å². The van der Waals surface area contributed by atoms with Crippen LogP contribution in [0.4, 0.5) is 5.13 Å². The molecule has 1 fully saturated rings. The topological polar surface area (TPSA) is 36.4 Å². The Kier molecular flexibility index (Phi) is 5.16. The molecule has 2 heterocycles. The van der Waals surface area contributed by atoms with E-state index in [-0.39, 0.29) is 0 Å². The average Bonchev–Trinajstić information content (AvgIpc) is 2.91. The summed E-state index contributed by atoms with van der Waals surface area (Å²) in [5, 5.41) is 1.02. The number of hydrogen-bond donors (Lipinski definition) is 0. The van der Waals surface area contributed by atoms with Gasteiger partial charge in [0.05, 0.1) is 10.6 Å². The molecule has 0 bridgehead atoms. The molecular formula is C15H25N3OS. The molecule has 0 aromatic carbocycles. The van der Waals surface area contributed by atoms with E-state index in [1.165, 1.54) is 0 Å². The van der Waals surface area contributed by atoms with Crippen LogP contribution in [0.15, 0.2) is 0 Å². The van der Waals surface area contributed by atoms with Crippen molar-refractivity contribution in [2.24, 2.45) is 0 Å². The van der Waals surface area contributed by atoms with Crippen molar-refractivity contribution in [3.8, 4) is 0 Å². The van der Waals surface area contributed by atoms with Gasteiger partial charge < -0.3 is 4.90 Å². The number of hydrogen-bond acceptors (Lipinski definition) is 5. The Morgan fingerprint density at radius 3 is 2.80 bits per heavy atom. The molecule has 0 radical (unpaired) electrons. The van der Waals surface area contributed by atoms with Crippen LogP contribution in [-0.2, 0) is 0 Å². The fraction of sp³-hybridized carbons (Fsp3) is 0.733. The molecule has 1 aromatic heterocycles. The zero-order chi connectivity index (χ0) is 14.7. The number of piperazine rings is 1. The summed E-state index contributed by atoms with van der Waals surface area (Å²) in [5.41, 5.74) is 0.981. The van der Waals surface area contributed by atoms with Gasteiger partial charge in [0.1, 0.15) is 0 Å². The lowest BCUT2D eigenvalue weighted by molar-refractivity contribution is 0.112. The van der Waals surface area contributed by atoms with Gasteiger partial charge in [-0.25, -0.2) is 4.98 Å². The van der Waals surface area contributed by atoms with Gasteiger partial charge in [-0.05, 0) is 25.8 Å². The molecule has 112 valence electrons. The Labute approximate surface area is 125 Å². The summed E-state index contributed by atoms with van der Waals surface area (Å²) in [4.78, 5) is 21.6. The third-order valence-corrected chi connectivity index (χ3v) is 5.43. The van der Waals surface area contributed by atoms with Crippen LogP contribution in [0.3, 0.4) is 0 Å².